The number of nitrogens with one attached hydrogen (secondary N) is 1. The SMILES string of the molecule is CCCC(C)(CNCC(C)C)CN(C)C1CCCCC1C. The zero-order valence-electron chi connectivity index (χ0n) is 15.5. The van der Waals surface area contributed by atoms with Gasteiger partial charge in [0.05, 0.1) is 0 Å². The van der Waals surface area contributed by atoms with E-state index in [4.69, 9.17) is 0 Å². The molecule has 0 heterocycles. The van der Waals surface area contributed by atoms with E-state index in [1.54, 1.807) is 0 Å². The summed E-state index contributed by atoms with van der Waals surface area (Å²) < 4.78 is 0. The molecule has 0 aromatic heterocycles. The number of rotatable bonds is 9. The van der Waals surface area contributed by atoms with Gasteiger partial charge in [-0.25, -0.2) is 0 Å². The first-order valence-corrected chi connectivity index (χ1v) is 9.29. The minimum atomic E-state index is 0.412. The Morgan fingerprint density at radius 2 is 1.90 bits per heavy atom. The van der Waals surface area contributed by atoms with Gasteiger partial charge in [0.2, 0.25) is 0 Å². The zero-order chi connectivity index (χ0) is 15.9. The van der Waals surface area contributed by atoms with Crippen molar-refractivity contribution in [3.05, 3.63) is 0 Å². The standard InChI is InChI=1S/C19H40N2/c1-7-12-19(5,14-20-13-16(2)3)15-21(6)18-11-9-8-10-17(18)4/h16-18,20H,7-15H2,1-6H3. The lowest BCUT2D eigenvalue weighted by Crippen LogP contribution is -2.47. The Hall–Kier alpha value is -0.0800. The van der Waals surface area contributed by atoms with E-state index in [1.165, 1.54) is 45.1 Å². The van der Waals surface area contributed by atoms with Gasteiger partial charge in [0.25, 0.3) is 0 Å². The molecule has 3 unspecified atom stereocenters. The van der Waals surface area contributed by atoms with Gasteiger partial charge in [0.15, 0.2) is 0 Å². The van der Waals surface area contributed by atoms with Gasteiger partial charge in [0, 0.05) is 19.1 Å². The fourth-order valence-corrected chi connectivity index (χ4v) is 4.16. The lowest BCUT2D eigenvalue weighted by Gasteiger charge is -2.42. The molecule has 1 fully saturated rings. The molecule has 0 spiro atoms. The summed E-state index contributed by atoms with van der Waals surface area (Å²) in [5.41, 5.74) is 0.412. The highest BCUT2D eigenvalue weighted by atomic mass is 15.1. The van der Waals surface area contributed by atoms with Gasteiger partial charge in [-0.2, -0.15) is 0 Å². The van der Waals surface area contributed by atoms with E-state index in [0.717, 1.165) is 31.0 Å². The molecule has 0 aromatic carbocycles. The Bertz CT molecular complexity index is 277. The summed E-state index contributed by atoms with van der Waals surface area (Å²) in [4.78, 5) is 2.68. The second-order valence-electron chi connectivity index (χ2n) is 8.33. The van der Waals surface area contributed by atoms with E-state index in [2.05, 4.69) is 51.9 Å². The van der Waals surface area contributed by atoms with E-state index in [0.29, 0.717) is 5.41 Å². The van der Waals surface area contributed by atoms with Crippen LogP contribution in [0, 0.1) is 17.3 Å². The molecule has 2 heteroatoms. The lowest BCUT2D eigenvalue weighted by molar-refractivity contribution is 0.0847. The van der Waals surface area contributed by atoms with Crippen LogP contribution in [0.25, 0.3) is 0 Å². The molecule has 1 saturated carbocycles. The molecule has 0 amide bonds. The van der Waals surface area contributed by atoms with Crippen LogP contribution < -0.4 is 5.32 Å². The molecular weight excluding hydrogens is 256 g/mol. The average molecular weight is 297 g/mol. The number of hydrogen-bond donors (Lipinski definition) is 1. The molecule has 0 radical (unpaired) electrons. The van der Waals surface area contributed by atoms with Crippen LogP contribution in [0.1, 0.15) is 73.1 Å². The van der Waals surface area contributed by atoms with Crippen molar-refractivity contribution < 1.29 is 0 Å². The van der Waals surface area contributed by atoms with Crippen LogP contribution in [-0.2, 0) is 0 Å². The van der Waals surface area contributed by atoms with E-state index < -0.39 is 0 Å². The molecule has 1 aliphatic rings. The maximum Gasteiger partial charge on any atom is 0.0118 e. The monoisotopic (exact) mass is 296 g/mol. The number of hydrogen-bond acceptors (Lipinski definition) is 2. The average Bonchev–Trinajstić information content (AvgIpc) is 2.38. The van der Waals surface area contributed by atoms with E-state index in [-0.39, 0.29) is 0 Å². The fourth-order valence-electron chi connectivity index (χ4n) is 4.16. The summed E-state index contributed by atoms with van der Waals surface area (Å²) in [6.45, 7) is 15.4. The van der Waals surface area contributed by atoms with E-state index >= 15 is 0 Å². The van der Waals surface area contributed by atoms with Crippen LogP contribution in [0.4, 0.5) is 0 Å². The highest BCUT2D eigenvalue weighted by Gasteiger charge is 2.31. The summed E-state index contributed by atoms with van der Waals surface area (Å²) >= 11 is 0. The van der Waals surface area contributed by atoms with Gasteiger partial charge in [0.1, 0.15) is 0 Å². The summed E-state index contributed by atoms with van der Waals surface area (Å²) in [7, 11) is 2.36. The van der Waals surface area contributed by atoms with Crippen molar-refractivity contribution in [3.8, 4) is 0 Å². The van der Waals surface area contributed by atoms with Crippen molar-refractivity contribution in [2.45, 2.75) is 79.2 Å². The van der Waals surface area contributed by atoms with Gasteiger partial charge in [-0.05, 0) is 50.1 Å². The molecule has 3 atom stereocenters. The highest BCUT2D eigenvalue weighted by Crippen LogP contribution is 2.31. The highest BCUT2D eigenvalue weighted by molar-refractivity contribution is 4.85. The fraction of sp³-hybridized carbons (Fsp3) is 1.00. The third kappa shape index (κ3) is 6.69. The normalized spacial score (nSPS) is 26.3. The smallest absolute Gasteiger partial charge is 0.0118 e. The van der Waals surface area contributed by atoms with Gasteiger partial charge in [-0.15, -0.1) is 0 Å². The van der Waals surface area contributed by atoms with Crippen molar-refractivity contribution in [3.63, 3.8) is 0 Å². The van der Waals surface area contributed by atoms with Gasteiger partial charge in [-0.3, -0.25) is 0 Å². The number of nitrogens with zero attached hydrogens (tertiary/aromatic N) is 1. The molecule has 1 N–H and O–H groups in total. The Balaban J connectivity index is 2.54. The summed E-state index contributed by atoms with van der Waals surface area (Å²) in [5.74, 6) is 1.62. The molecule has 0 aliphatic heterocycles. The largest absolute Gasteiger partial charge is 0.316 e. The Morgan fingerprint density at radius 3 is 2.48 bits per heavy atom. The predicted molar refractivity (Wildman–Crippen MR) is 94.8 cm³/mol. The third-order valence-corrected chi connectivity index (χ3v) is 5.22. The maximum absolute atomic E-state index is 3.70. The molecule has 2 nitrogen and oxygen atoms in total. The van der Waals surface area contributed by atoms with Gasteiger partial charge in [-0.1, -0.05) is 53.9 Å². The van der Waals surface area contributed by atoms with Crippen molar-refractivity contribution in [2.75, 3.05) is 26.7 Å². The van der Waals surface area contributed by atoms with Crippen molar-refractivity contribution in [1.29, 1.82) is 0 Å². The first-order chi connectivity index (χ1) is 9.88. The first-order valence-electron chi connectivity index (χ1n) is 9.29. The van der Waals surface area contributed by atoms with Crippen molar-refractivity contribution >= 4 is 0 Å². The Kier molecular flexibility index (Phi) is 8.26. The maximum atomic E-state index is 3.70. The van der Waals surface area contributed by atoms with Crippen LogP contribution in [0.15, 0.2) is 0 Å². The quantitative estimate of drug-likeness (QED) is 0.671. The molecule has 0 saturated heterocycles. The van der Waals surface area contributed by atoms with Gasteiger partial charge < -0.3 is 10.2 Å². The van der Waals surface area contributed by atoms with E-state index in [1.807, 2.05) is 0 Å². The third-order valence-electron chi connectivity index (χ3n) is 5.22. The molecule has 21 heavy (non-hydrogen) atoms. The van der Waals surface area contributed by atoms with Crippen LogP contribution in [0.2, 0.25) is 0 Å². The van der Waals surface area contributed by atoms with Crippen molar-refractivity contribution in [1.82, 2.24) is 10.2 Å². The molecule has 1 aliphatic carbocycles. The predicted octanol–water partition coefficient (Wildman–Crippen LogP) is 4.55. The zero-order valence-corrected chi connectivity index (χ0v) is 15.5. The summed E-state index contributed by atoms with van der Waals surface area (Å²) in [6.07, 6.45) is 8.30. The van der Waals surface area contributed by atoms with Crippen molar-refractivity contribution in [2.24, 2.45) is 17.3 Å². The minimum Gasteiger partial charge on any atom is -0.316 e. The van der Waals surface area contributed by atoms with Crippen LogP contribution in [-0.4, -0.2) is 37.6 Å². The molecule has 0 bridgehead atoms. The topological polar surface area (TPSA) is 15.3 Å². The van der Waals surface area contributed by atoms with Crippen LogP contribution >= 0.6 is 0 Å². The summed E-state index contributed by atoms with van der Waals surface area (Å²) in [6, 6.07) is 0.806. The molecule has 0 aromatic rings. The molecule has 1 rings (SSSR count). The Labute approximate surface area is 134 Å². The second-order valence-corrected chi connectivity index (χ2v) is 8.33. The van der Waals surface area contributed by atoms with Crippen LogP contribution in [0.5, 0.6) is 0 Å². The minimum absolute atomic E-state index is 0.412. The Morgan fingerprint density at radius 1 is 1.24 bits per heavy atom. The van der Waals surface area contributed by atoms with Crippen LogP contribution in [0.3, 0.4) is 0 Å². The van der Waals surface area contributed by atoms with E-state index in [9.17, 15) is 0 Å². The molecule has 126 valence electrons. The molecular formula is C19H40N2. The van der Waals surface area contributed by atoms with Gasteiger partial charge >= 0.3 is 0 Å². The first kappa shape index (κ1) is 19.0. The second kappa shape index (κ2) is 9.15. The summed E-state index contributed by atoms with van der Waals surface area (Å²) in [5, 5.41) is 3.70. The lowest BCUT2D eigenvalue weighted by atomic mass is 9.81.